The molecule has 3 aromatic rings. The second kappa shape index (κ2) is 6.24. The predicted octanol–water partition coefficient (Wildman–Crippen LogP) is 4.43. The zero-order chi connectivity index (χ0) is 17.3. The number of para-hydroxylation sites is 1. The molecule has 0 aliphatic carbocycles. The fraction of sp³-hybridized carbons (Fsp3) is 0.263. The molecular weight excluding hydrogens is 320 g/mol. The Morgan fingerprint density at radius 3 is 2.50 bits per heavy atom. The molecule has 5 heteroatoms. The van der Waals surface area contributed by atoms with Gasteiger partial charge in [-0.15, -0.1) is 0 Å². The summed E-state index contributed by atoms with van der Waals surface area (Å²) < 4.78 is 2.46. The van der Waals surface area contributed by atoms with E-state index >= 15 is 0 Å². The van der Waals surface area contributed by atoms with Crippen LogP contribution in [0.2, 0.25) is 0 Å². The second-order valence-electron chi connectivity index (χ2n) is 6.40. The van der Waals surface area contributed by atoms with Crippen LogP contribution in [-0.2, 0) is 4.79 Å². The van der Waals surface area contributed by atoms with Crippen molar-refractivity contribution in [3.63, 3.8) is 0 Å². The van der Waals surface area contributed by atoms with E-state index in [1.807, 2.05) is 57.2 Å². The normalized spacial score (nSPS) is 11.6. The van der Waals surface area contributed by atoms with E-state index in [0.717, 1.165) is 16.8 Å². The quantitative estimate of drug-likeness (QED) is 0.764. The van der Waals surface area contributed by atoms with Crippen molar-refractivity contribution in [1.29, 1.82) is 0 Å². The first-order valence-electron chi connectivity index (χ1n) is 7.96. The number of aromatic nitrogens is 1. The molecule has 0 aliphatic rings. The second-order valence-corrected chi connectivity index (χ2v) is 7.36. The van der Waals surface area contributed by atoms with Crippen molar-refractivity contribution in [2.45, 2.75) is 27.2 Å². The molecule has 0 bridgehead atoms. The van der Waals surface area contributed by atoms with Gasteiger partial charge in [-0.3, -0.25) is 9.59 Å². The van der Waals surface area contributed by atoms with E-state index in [2.05, 4.69) is 5.32 Å². The van der Waals surface area contributed by atoms with E-state index in [9.17, 15) is 9.59 Å². The molecule has 0 saturated carbocycles. The van der Waals surface area contributed by atoms with E-state index in [0.29, 0.717) is 11.1 Å². The Hall–Kier alpha value is -2.40. The van der Waals surface area contributed by atoms with Crippen molar-refractivity contribution < 1.29 is 4.79 Å². The summed E-state index contributed by atoms with van der Waals surface area (Å²) in [6.45, 7) is 5.82. The topological polar surface area (TPSA) is 51.1 Å². The summed E-state index contributed by atoms with van der Waals surface area (Å²) in [6, 6.07) is 15.0. The standard InChI is InChI=1S/C19H20N2O2S/c1-4-19(2,3)18(23)20-15-12-8-11-14-16(15)24-21(17(14)22)13-9-6-5-7-10-13/h5-12H,4H2,1-3H3,(H,20,23). The molecule has 0 spiro atoms. The number of anilines is 1. The average molecular weight is 340 g/mol. The molecule has 124 valence electrons. The van der Waals surface area contributed by atoms with Gasteiger partial charge in [-0.1, -0.05) is 45.0 Å². The monoisotopic (exact) mass is 340 g/mol. The zero-order valence-corrected chi connectivity index (χ0v) is 14.8. The van der Waals surface area contributed by atoms with Gasteiger partial charge in [0.25, 0.3) is 5.56 Å². The SMILES string of the molecule is CCC(C)(C)C(=O)Nc1cccc2c(=O)n(-c3ccccc3)sc12. The molecule has 0 radical (unpaired) electrons. The Morgan fingerprint density at radius 2 is 1.83 bits per heavy atom. The summed E-state index contributed by atoms with van der Waals surface area (Å²) >= 11 is 1.35. The van der Waals surface area contributed by atoms with Crippen LogP contribution in [0.3, 0.4) is 0 Å². The summed E-state index contributed by atoms with van der Waals surface area (Å²) in [5, 5.41) is 3.61. The molecule has 1 N–H and O–H groups in total. The molecule has 0 unspecified atom stereocenters. The molecule has 1 amide bonds. The molecule has 2 aromatic carbocycles. The van der Waals surface area contributed by atoms with Crippen molar-refractivity contribution >= 4 is 33.2 Å². The molecule has 0 saturated heterocycles. The first kappa shape index (κ1) is 16.5. The molecule has 0 fully saturated rings. The third-order valence-electron chi connectivity index (χ3n) is 4.35. The Labute approximate surface area is 144 Å². The highest BCUT2D eigenvalue weighted by Gasteiger charge is 2.26. The zero-order valence-electron chi connectivity index (χ0n) is 14.0. The molecule has 24 heavy (non-hydrogen) atoms. The minimum atomic E-state index is -0.449. The van der Waals surface area contributed by atoms with E-state index in [1.54, 1.807) is 16.1 Å². The van der Waals surface area contributed by atoms with Gasteiger partial charge >= 0.3 is 0 Å². The van der Waals surface area contributed by atoms with Gasteiger partial charge in [-0.2, -0.15) is 0 Å². The number of carbonyl (C=O) groups is 1. The number of hydrogen-bond donors (Lipinski definition) is 1. The first-order chi connectivity index (χ1) is 11.4. The number of nitrogens with one attached hydrogen (secondary N) is 1. The number of rotatable bonds is 4. The number of benzene rings is 2. The fourth-order valence-electron chi connectivity index (χ4n) is 2.33. The van der Waals surface area contributed by atoms with Crippen LogP contribution < -0.4 is 10.9 Å². The Bertz CT molecular complexity index is 939. The Kier molecular flexibility index (Phi) is 4.28. The van der Waals surface area contributed by atoms with Crippen molar-refractivity contribution in [3.05, 3.63) is 58.9 Å². The highest BCUT2D eigenvalue weighted by Crippen LogP contribution is 2.30. The van der Waals surface area contributed by atoms with Gasteiger partial charge in [0.1, 0.15) is 0 Å². The van der Waals surface area contributed by atoms with Gasteiger partial charge in [-0.25, -0.2) is 3.96 Å². The molecule has 1 heterocycles. The number of carbonyl (C=O) groups excluding carboxylic acids is 1. The van der Waals surface area contributed by atoms with Crippen LogP contribution in [-0.4, -0.2) is 9.86 Å². The summed E-state index contributed by atoms with van der Waals surface area (Å²) in [6.07, 6.45) is 0.746. The predicted molar refractivity (Wildman–Crippen MR) is 100 cm³/mol. The molecule has 0 atom stereocenters. The van der Waals surface area contributed by atoms with E-state index in [4.69, 9.17) is 0 Å². The highest BCUT2D eigenvalue weighted by atomic mass is 32.1. The van der Waals surface area contributed by atoms with Gasteiger partial charge in [0, 0.05) is 5.41 Å². The maximum Gasteiger partial charge on any atom is 0.273 e. The number of nitrogens with zero attached hydrogens (tertiary/aromatic N) is 1. The van der Waals surface area contributed by atoms with Crippen LogP contribution in [0.25, 0.3) is 15.8 Å². The van der Waals surface area contributed by atoms with Crippen LogP contribution in [0.4, 0.5) is 5.69 Å². The Morgan fingerprint density at radius 1 is 1.12 bits per heavy atom. The largest absolute Gasteiger partial charge is 0.324 e. The van der Waals surface area contributed by atoms with Crippen LogP contribution >= 0.6 is 11.5 Å². The lowest BCUT2D eigenvalue weighted by Gasteiger charge is -2.21. The Balaban J connectivity index is 2.09. The number of hydrogen-bond acceptors (Lipinski definition) is 3. The fourth-order valence-corrected chi connectivity index (χ4v) is 3.39. The minimum absolute atomic E-state index is 0.0374. The van der Waals surface area contributed by atoms with Crippen molar-refractivity contribution in [2.24, 2.45) is 5.41 Å². The van der Waals surface area contributed by atoms with Crippen LogP contribution in [0, 0.1) is 5.41 Å². The van der Waals surface area contributed by atoms with Gasteiger partial charge in [0.15, 0.2) is 0 Å². The number of fused-ring (bicyclic) bond motifs is 1. The van der Waals surface area contributed by atoms with Crippen molar-refractivity contribution in [2.75, 3.05) is 5.32 Å². The van der Waals surface area contributed by atoms with E-state index in [1.165, 1.54) is 11.5 Å². The summed E-state index contributed by atoms with van der Waals surface area (Å²) in [5.41, 5.74) is 1.01. The smallest absolute Gasteiger partial charge is 0.273 e. The van der Waals surface area contributed by atoms with Crippen LogP contribution in [0.1, 0.15) is 27.2 Å². The maximum atomic E-state index is 12.7. The number of amides is 1. The molecule has 0 aliphatic heterocycles. The molecule has 3 rings (SSSR count). The maximum absolute atomic E-state index is 12.7. The van der Waals surface area contributed by atoms with Crippen molar-refractivity contribution in [3.8, 4) is 5.69 Å². The third kappa shape index (κ3) is 2.87. The lowest BCUT2D eigenvalue weighted by atomic mass is 9.89. The summed E-state index contributed by atoms with van der Waals surface area (Å²) in [4.78, 5) is 25.2. The van der Waals surface area contributed by atoms with Gasteiger partial charge in [0.05, 0.1) is 21.5 Å². The average Bonchev–Trinajstić information content (AvgIpc) is 2.94. The van der Waals surface area contributed by atoms with Gasteiger partial charge < -0.3 is 5.32 Å². The van der Waals surface area contributed by atoms with Gasteiger partial charge in [-0.05, 0) is 42.2 Å². The van der Waals surface area contributed by atoms with Crippen LogP contribution in [0.5, 0.6) is 0 Å². The third-order valence-corrected chi connectivity index (χ3v) is 5.53. The lowest BCUT2D eigenvalue weighted by molar-refractivity contribution is -0.124. The summed E-state index contributed by atoms with van der Waals surface area (Å²) in [7, 11) is 0. The first-order valence-corrected chi connectivity index (χ1v) is 8.73. The van der Waals surface area contributed by atoms with Crippen molar-refractivity contribution in [1.82, 2.24) is 3.96 Å². The van der Waals surface area contributed by atoms with Gasteiger partial charge in [0.2, 0.25) is 5.91 Å². The molecular formula is C19H20N2O2S. The highest BCUT2D eigenvalue weighted by molar-refractivity contribution is 7.15. The van der Waals surface area contributed by atoms with E-state index in [-0.39, 0.29) is 11.5 Å². The minimum Gasteiger partial charge on any atom is -0.324 e. The lowest BCUT2D eigenvalue weighted by Crippen LogP contribution is -2.30. The van der Waals surface area contributed by atoms with Crippen LogP contribution in [0.15, 0.2) is 53.3 Å². The molecule has 1 aromatic heterocycles. The van der Waals surface area contributed by atoms with E-state index < -0.39 is 5.41 Å². The summed E-state index contributed by atoms with van der Waals surface area (Å²) in [5.74, 6) is -0.0374. The molecule has 4 nitrogen and oxygen atoms in total.